The number of para-hydroxylation sites is 1. The van der Waals surface area contributed by atoms with E-state index in [1.807, 2.05) is 30.5 Å². The lowest BCUT2D eigenvalue weighted by Gasteiger charge is -2.33. The SMILES string of the molecule is CCNC(=NCc1ccnc(N2CCN(C)CC2)c1)NCc1oc2ccccc2c1C.I. The highest BCUT2D eigenvalue weighted by Gasteiger charge is 2.15. The molecule has 0 amide bonds. The zero-order chi connectivity index (χ0) is 21.6. The highest BCUT2D eigenvalue weighted by atomic mass is 127. The first-order valence-corrected chi connectivity index (χ1v) is 11.0. The summed E-state index contributed by atoms with van der Waals surface area (Å²) < 4.78 is 6.02. The Morgan fingerprint density at radius 3 is 2.66 bits per heavy atom. The van der Waals surface area contributed by atoms with E-state index in [4.69, 9.17) is 9.41 Å². The monoisotopic (exact) mass is 548 g/mol. The first-order chi connectivity index (χ1) is 15.1. The van der Waals surface area contributed by atoms with Gasteiger partial charge in [-0.25, -0.2) is 9.98 Å². The number of aliphatic imine (C=N–C) groups is 1. The molecular weight excluding hydrogens is 515 g/mol. The quantitative estimate of drug-likeness (QED) is 0.278. The predicted molar refractivity (Wildman–Crippen MR) is 142 cm³/mol. The van der Waals surface area contributed by atoms with Gasteiger partial charge in [0.1, 0.15) is 17.2 Å². The van der Waals surface area contributed by atoms with Crippen LogP contribution in [0.15, 0.2) is 52.0 Å². The summed E-state index contributed by atoms with van der Waals surface area (Å²) in [6.45, 7) is 10.3. The van der Waals surface area contributed by atoms with Crippen LogP contribution in [0.1, 0.15) is 23.8 Å². The molecule has 0 saturated carbocycles. The number of pyridine rings is 1. The van der Waals surface area contributed by atoms with Crippen LogP contribution in [0.4, 0.5) is 5.82 Å². The van der Waals surface area contributed by atoms with Crippen molar-refractivity contribution in [1.82, 2.24) is 20.5 Å². The van der Waals surface area contributed by atoms with Gasteiger partial charge in [0, 0.05) is 49.9 Å². The van der Waals surface area contributed by atoms with E-state index in [1.54, 1.807) is 0 Å². The van der Waals surface area contributed by atoms with Gasteiger partial charge in [-0.15, -0.1) is 24.0 Å². The number of piperazine rings is 1. The number of aromatic nitrogens is 1. The molecule has 8 heteroatoms. The van der Waals surface area contributed by atoms with E-state index in [-0.39, 0.29) is 24.0 Å². The Labute approximate surface area is 207 Å². The summed E-state index contributed by atoms with van der Waals surface area (Å²) in [6.07, 6.45) is 1.89. The Morgan fingerprint density at radius 1 is 1.12 bits per heavy atom. The van der Waals surface area contributed by atoms with Gasteiger partial charge in [-0.05, 0) is 44.7 Å². The standard InChI is InChI=1S/C24H32N6O.HI/c1-4-25-24(28-17-22-18(2)20-7-5-6-8-21(20)31-22)27-16-19-9-10-26-23(15-19)30-13-11-29(3)12-14-30;/h5-10,15H,4,11-14,16-17H2,1-3H3,(H2,25,27,28);1H. The third-order valence-electron chi connectivity index (χ3n) is 5.76. The molecule has 2 aromatic heterocycles. The molecule has 0 bridgehead atoms. The van der Waals surface area contributed by atoms with Crippen LogP contribution in [0.5, 0.6) is 0 Å². The van der Waals surface area contributed by atoms with E-state index in [2.05, 4.69) is 58.4 Å². The lowest BCUT2D eigenvalue weighted by atomic mass is 10.1. The Balaban J connectivity index is 0.00000289. The maximum atomic E-state index is 6.02. The summed E-state index contributed by atoms with van der Waals surface area (Å²) in [6, 6.07) is 12.3. The zero-order valence-electron chi connectivity index (χ0n) is 19.1. The van der Waals surface area contributed by atoms with Crippen LogP contribution in [0, 0.1) is 6.92 Å². The van der Waals surface area contributed by atoms with Crippen molar-refractivity contribution >= 4 is 46.7 Å². The molecule has 0 atom stereocenters. The molecule has 3 heterocycles. The van der Waals surface area contributed by atoms with Crippen LogP contribution in [-0.2, 0) is 13.1 Å². The molecule has 1 aliphatic rings. The Hall–Kier alpha value is -2.33. The number of nitrogens with one attached hydrogen (secondary N) is 2. The molecule has 172 valence electrons. The van der Waals surface area contributed by atoms with Crippen molar-refractivity contribution < 1.29 is 4.42 Å². The van der Waals surface area contributed by atoms with E-state index >= 15 is 0 Å². The molecule has 1 fully saturated rings. The maximum Gasteiger partial charge on any atom is 0.191 e. The number of fused-ring (bicyclic) bond motifs is 1. The third-order valence-corrected chi connectivity index (χ3v) is 5.76. The van der Waals surface area contributed by atoms with Crippen molar-refractivity contribution in [2.24, 2.45) is 4.99 Å². The Kier molecular flexibility index (Phi) is 8.75. The third kappa shape index (κ3) is 5.92. The number of guanidine groups is 1. The summed E-state index contributed by atoms with van der Waals surface area (Å²) in [7, 11) is 2.16. The second-order valence-electron chi connectivity index (χ2n) is 8.01. The first-order valence-electron chi connectivity index (χ1n) is 11.0. The highest BCUT2D eigenvalue weighted by Crippen LogP contribution is 2.24. The largest absolute Gasteiger partial charge is 0.459 e. The van der Waals surface area contributed by atoms with Crippen molar-refractivity contribution in [3.63, 3.8) is 0 Å². The van der Waals surface area contributed by atoms with Crippen LogP contribution in [0.2, 0.25) is 0 Å². The number of benzene rings is 1. The van der Waals surface area contributed by atoms with E-state index in [0.29, 0.717) is 13.1 Å². The van der Waals surface area contributed by atoms with Crippen LogP contribution in [-0.4, -0.2) is 55.6 Å². The van der Waals surface area contributed by atoms with Gasteiger partial charge < -0.3 is 24.9 Å². The summed E-state index contributed by atoms with van der Waals surface area (Å²) in [4.78, 5) is 14.1. The van der Waals surface area contributed by atoms with Crippen molar-refractivity contribution in [2.75, 3.05) is 44.7 Å². The minimum atomic E-state index is 0. The van der Waals surface area contributed by atoms with E-state index < -0.39 is 0 Å². The second kappa shape index (κ2) is 11.5. The number of hydrogen-bond acceptors (Lipinski definition) is 5. The predicted octanol–water partition coefficient (Wildman–Crippen LogP) is 3.76. The highest BCUT2D eigenvalue weighted by molar-refractivity contribution is 14.0. The second-order valence-corrected chi connectivity index (χ2v) is 8.01. The number of furan rings is 1. The molecule has 0 radical (unpaired) electrons. The molecular formula is C24H33IN6O. The number of anilines is 1. The lowest BCUT2D eigenvalue weighted by molar-refractivity contribution is 0.312. The zero-order valence-corrected chi connectivity index (χ0v) is 21.4. The van der Waals surface area contributed by atoms with Gasteiger partial charge in [0.15, 0.2) is 5.96 Å². The van der Waals surface area contributed by atoms with Crippen molar-refractivity contribution in [2.45, 2.75) is 26.9 Å². The number of hydrogen-bond donors (Lipinski definition) is 2. The fourth-order valence-corrected chi connectivity index (χ4v) is 3.84. The number of halogens is 1. The molecule has 1 saturated heterocycles. The Bertz CT molecular complexity index is 1040. The molecule has 3 aromatic rings. The van der Waals surface area contributed by atoms with Gasteiger partial charge in [-0.3, -0.25) is 0 Å². The maximum absolute atomic E-state index is 6.02. The molecule has 0 unspecified atom stereocenters. The Morgan fingerprint density at radius 2 is 1.91 bits per heavy atom. The molecule has 7 nitrogen and oxygen atoms in total. The van der Waals surface area contributed by atoms with Gasteiger partial charge >= 0.3 is 0 Å². The van der Waals surface area contributed by atoms with Gasteiger partial charge in [0.05, 0.1) is 13.1 Å². The van der Waals surface area contributed by atoms with Gasteiger partial charge in [-0.2, -0.15) is 0 Å². The normalized spacial score (nSPS) is 15.0. The minimum absolute atomic E-state index is 0. The molecule has 0 spiro atoms. The van der Waals surface area contributed by atoms with E-state index in [9.17, 15) is 0 Å². The minimum Gasteiger partial charge on any atom is -0.459 e. The van der Waals surface area contributed by atoms with Crippen molar-refractivity contribution in [3.05, 3.63) is 59.5 Å². The van der Waals surface area contributed by atoms with E-state index in [1.165, 1.54) is 5.56 Å². The fourth-order valence-electron chi connectivity index (χ4n) is 3.84. The average molecular weight is 548 g/mol. The van der Waals surface area contributed by atoms with Crippen LogP contribution in [0.3, 0.4) is 0 Å². The van der Waals surface area contributed by atoms with Crippen molar-refractivity contribution in [3.8, 4) is 0 Å². The van der Waals surface area contributed by atoms with E-state index in [0.717, 1.165) is 66.8 Å². The van der Waals surface area contributed by atoms with Crippen molar-refractivity contribution in [1.29, 1.82) is 0 Å². The van der Waals surface area contributed by atoms with Crippen LogP contribution >= 0.6 is 24.0 Å². The fraction of sp³-hybridized carbons (Fsp3) is 0.417. The first kappa shape index (κ1) is 24.3. The molecule has 32 heavy (non-hydrogen) atoms. The van der Waals surface area contributed by atoms with Gasteiger partial charge in [0.25, 0.3) is 0 Å². The molecule has 1 aliphatic heterocycles. The summed E-state index contributed by atoms with van der Waals surface area (Å²) in [5.74, 6) is 2.75. The molecule has 4 rings (SSSR count). The summed E-state index contributed by atoms with van der Waals surface area (Å²) in [5, 5.41) is 7.89. The van der Waals surface area contributed by atoms with Gasteiger partial charge in [-0.1, -0.05) is 18.2 Å². The topological polar surface area (TPSA) is 68.9 Å². The smallest absolute Gasteiger partial charge is 0.191 e. The van der Waals surface area contributed by atoms with Gasteiger partial charge in [0.2, 0.25) is 0 Å². The van der Waals surface area contributed by atoms with Crippen LogP contribution in [0.25, 0.3) is 11.0 Å². The van der Waals surface area contributed by atoms with Crippen LogP contribution < -0.4 is 15.5 Å². The number of rotatable bonds is 6. The lowest BCUT2D eigenvalue weighted by Crippen LogP contribution is -2.44. The number of nitrogens with zero attached hydrogens (tertiary/aromatic N) is 4. The average Bonchev–Trinajstić information content (AvgIpc) is 3.12. The summed E-state index contributed by atoms with van der Waals surface area (Å²) >= 11 is 0. The number of likely N-dealkylation sites (N-methyl/N-ethyl adjacent to an activating group) is 1. The molecule has 1 aromatic carbocycles. The molecule has 0 aliphatic carbocycles. The molecule has 2 N–H and O–H groups in total. The summed E-state index contributed by atoms with van der Waals surface area (Å²) in [5.41, 5.74) is 3.25. The number of aryl methyl sites for hydroxylation is 1.